The molecule has 0 atom stereocenters. The summed E-state index contributed by atoms with van der Waals surface area (Å²) in [4.78, 5) is 11.1. The predicted octanol–water partition coefficient (Wildman–Crippen LogP) is 13.2. The molecule has 9 aromatic rings. The van der Waals surface area contributed by atoms with Gasteiger partial charge in [-0.2, -0.15) is 10.5 Å². The zero-order chi connectivity index (χ0) is 40.2. The lowest BCUT2D eigenvalue weighted by Crippen LogP contribution is -2.32. The van der Waals surface area contributed by atoms with Crippen molar-refractivity contribution in [3.63, 3.8) is 0 Å². The lowest BCUT2D eigenvalue weighted by atomic mass is 9.58. The molecule has 8 aromatic carbocycles. The highest BCUT2D eigenvalue weighted by Gasteiger charge is 2.49. The van der Waals surface area contributed by atoms with Crippen molar-refractivity contribution in [2.24, 2.45) is 0 Å². The minimum Gasteiger partial charge on any atom is -0.232 e. The van der Waals surface area contributed by atoms with Crippen molar-refractivity contribution < 1.29 is 0 Å². The Labute approximate surface area is 349 Å². The van der Waals surface area contributed by atoms with E-state index in [1.807, 2.05) is 97.1 Å². The maximum absolute atomic E-state index is 11.3. The first kappa shape index (κ1) is 35.0. The third-order valence-electron chi connectivity index (χ3n) is 12.1. The van der Waals surface area contributed by atoms with Crippen LogP contribution < -0.4 is 0 Å². The van der Waals surface area contributed by atoms with Crippen LogP contribution in [-0.2, 0) is 0 Å². The fourth-order valence-corrected chi connectivity index (χ4v) is 9.69. The summed E-state index contributed by atoms with van der Waals surface area (Å²) in [6.45, 7) is 0. The predicted molar refractivity (Wildman–Crippen MR) is 239 cm³/mol. The molecule has 2 bridgehead atoms. The molecule has 0 saturated carbocycles. The van der Waals surface area contributed by atoms with Crippen LogP contribution in [0.25, 0.3) is 67.2 Å². The van der Waals surface area contributed by atoms with Crippen molar-refractivity contribution in [3.8, 4) is 79.3 Å². The molecule has 12 rings (SSSR count). The molecule has 3 aliphatic rings. The van der Waals surface area contributed by atoms with Crippen molar-refractivity contribution in [3.05, 3.63) is 239 Å². The Morgan fingerprint density at radius 3 is 1.13 bits per heavy atom. The van der Waals surface area contributed by atoms with Crippen LogP contribution in [0.2, 0.25) is 0 Å². The second-order valence-electron chi connectivity index (χ2n) is 15.3. The molecule has 3 aliphatic carbocycles. The van der Waals surface area contributed by atoms with Crippen LogP contribution in [0.3, 0.4) is 0 Å². The van der Waals surface area contributed by atoms with Gasteiger partial charge in [0.1, 0.15) is 12.1 Å². The highest BCUT2D eigenvalue weighted by atomic mass is 14.9. The summed E-state index contributed by atoms with van der Waals surface area (Å²) in [5.74, 6) is -0.165. The molecule has 4 nitrogen and oxygen atoms in total. The molecule has 0 fully saturated rings. The number of hydrogen-bond acceptors (Lipinski definition) is 4. The van der Waals surface area contributed by atoms with Crippen LogP contribution in [0.5, 0.6) is 0 Å². The fraction of sp³-hybridized carbons (Fsp3) is 0.0357. The van der Waals surface area contributed by atoms with E-state index in [1.54, 1.807) is 0 Å². The van der Waals surface area contributed by atoms with Crippen LogP contribution >= 0.6 is 0 Å². The molecule has 0 N–H and O–H groups in total. The number of rotatable bonds is 6. The highest BCUT2D eigenvalue weighted by molar-refractivity contribution is 5.95. The summed E-state index contributed by atoms with van der Waals surface area (Å²) in [5, 5.41) is 22.7. The lowest BCUT2D eigenvalue weighted by molar-refractivity contribution is 0.725. The van der Waals surface area contributed by atoms with Gasteiger partial charge >= 0.3 is 0 Å². The molecule has 0 unspecified atom stereocenters. The van der Waals surface area contributed by atoms with Crippen LogP contribution in [0.15, 0.2) is 194 Å². The van der Waals surface area contributed by atoms with Crippen LogP contribution in [0.4, 0.5) is 0 Å². The average molecular weight is 763 g/mol. The van der Waals surface area contributed by atoms with Crippen molar-refractivity contribution >= 4 is 0 Å². The molecule has 1 aromatic heterocycles. The zero-order valence-corrected chi connectivity index (χ0v) is 32.4. The van der Waals surface area contributed by atoms with E-state index in [4.69, 9.17) is 9.97 Å². The quantitative estimate of drug-likeness (QED) is 0.169. The zero-order valence-electron chi connectivity index (χ0n) is 32.4. The van der Waals surface area contributed by atoms with E-state index in [-0.39, 0.29) is 5.92 Å². The minimum absolute atomic E-state index is 0.342. The van der Waals surface area contributed by atoms with Crippen LogP contribution in [-0.4, -0.2) is 9.97 Å². The Morgan fingerprint density at radius 1 is 0.367 bits per heavy atom. The molecule has 0 spiro atoms. The summed E-state index contributed by atoms with van der Waals surface area (Å²) in [5.41, 5.74) is 17.7. The first-order valence-electron chi connectivity index (χ1n) is 20.2. The number of hydrogen-bond donors (Lipinski definition) is 0. The van der Waals surface area contributed by atoms with Crippen molar-refractivity contribution in [1.82, 2.24) is 9.97 Å². The highest BCUT2D eigenvalue weighted by Crippen LogP contribution is 2.63. The Bertz CT molecular complexity index is 3030. The molecule has 278 valence electrons. The first-order chi connectivity index (χ1) is 29.7. The van der Waals surface area contributed by atoms with Gasteiger partial charge in [-0.05, 0) is 56.6 Å². The van der Waals surface area contributed by atoms with Gasteiger partial charge in [-0.3, -0.25) is 0 Å². The molecule has 0 aliphatic heterocycles. The molecule has 60 heavy (non-hydrogen) atoms. The van der Waals surface area contributed by atoms with Crippen molar-refractivity contribution in [2.45, 2.75) is 11.8 Å². The summed E-state index contributed by atoms with van der Waals surface area (Å²) < 4.78 is 0. The van der Waals surface area contributed by atoms with Gasteiger partial charge in [0.15, 0.2) is 5.82 Å². The van der Waals surface area contributed by atoms with Gasteiger partial charge in [-0.1, -0.05) is 182 Å². The normalized spacial score (nSPS) is 14.3. The molecule has 0 radical (unpaired) electrons. The lowest BCUT2D eigenvalue weighted by Gasteiger charge is -2.45. The Kier molecular flexibility index (Phi) is 8.36. The van der Waals surface area contributed by atoms with Crippen LogP contribution in [0.1, 0.15) is 56.5 Å². The van der Waals surface area contributed by atoms with E-state index < -0.39 is 5.92 Å². The molecular weight excluding hydrogens is 729 g/mol. The largest absolute Gasteiger partial charge is 0.232 e. The average Bonchev–Trinajstić information content (AvgIpc) is 3.33. The van der Waals surface area contributed by atoms with Gasteiger partial charge in [0.05, 0.1) is 28.4 Å². The minimum atomic E-state index is -0.456. The molecule has 0 amide bonds. The van der Waals surface area contributed by atoms with Gasteiger partial charge < -0.3 is 0 Å². The second-order valence-corrected chi connectivity index (χ2v) is 15.3. The SMILES string of the molecule is N#Cc1c(-c2ccccc2)cc2c(c1-c1ccccc1)C1c3nc(-c4ccccc4)nc(-c4ccccc4)c3C2c2cc(-c3ccccc3)c(C#N)c(-c3ccccc3)c21. The van der Waals surface area contributed by atoms with Crippen molar-refractivity contribution in [2.75, 3.05) is 0 Å². The molecule has 1 heterocycles. The smallest absolute Gasteiger partial charge is 0.160 e. The van der Waals surface area contributed by atoms with E-state index in [9.17, 15) is 10.5 Å². The van der Waals surface area contributed by atoms with E-state index in [2.05, 4.69) is 109 Å². The fourth-order valence-electron chi connectivity index (χ4n) is 9.69. The first-order valence-corrected chi connectivity index (χ1v) is 20.2. The van der Waals surface area contributed by atoms with E-state index in [1.165, 1.54) is 0 Å². The third-order valence-corrected chi connectivity index (χ3v) is 12.1. The molecule has 0 saturated heterocycles. The summed E-state index contributed by atoms with van der Waals surface area (Å²) >= 11 is 0. The summed E-state index contributed by atoms with van der Waals surface area (Å²) in [7, 11) is 0. The van der Waals surface area contributed by atoms with Gasteiger partial charge in [0, 0.05) is 44.9 Å². The van der Waals surface area contributed by atoms with E-state index in [0.29, 0.717) is 17.0 Å². The number of benzene rings is 8. The number of nitriles is 2. The summed E-state index contributed by atoms with van der Waals surface area (Å²) in [6.07, 6.45) is 0. The van der Waals surface area contributed by atoms with Gasteiger partial charge in [-0.25, -0.2) is 9.97 Å². The maximum Gasteiger partial charge on any atom is 0.160 e. The van der Waals surface area contributed by atoms with Gasteiger partial charge in [0.2, 0.25) is 0 Å². The van der Waals surface area contributed by atoms with Crippen LogP contribution in [0, 0.1) is 22.7 Å². The Morgan fingerprint density at radius 2 is 0.733 bits per heavy atom. The maximum atomic E-state index is 11.3. The van der Waals surface area contributed by atoms with E-state index >= 15 is 0 Å². The monoisotopic (exact) mass is 762 g/mol. The second kappa shape index (κ2) is 14.3. The Hall–Kier alpha value is -8.18. The van der Waals surface area contributed by atoms with E-state index in [0.717, 1.165) is 94.8 Å². The number of aromatic nitrogens is 2. The Balaban J connectivity index is 1.36. The van der Waals surface area contributed by atoms with Gasteiger partial charge in [0.25, 0.3) is 0 Å². The molecular formula is C56H34N4. The van der Waals surface area contributed by atoms with Gasteiger partial charge in [-0.15, -0.1) is 0 Å². The topological polar surface area (TPSA) is 73.4 Å². The molecule has 4 heteroatoms. The standard InChI is InChI=1S/C56H34N4/c57-33-45-41(35-19-7-1-8-20-35)31-43-49-44-32-42(36-21-9-2-10-22-36)46(34-58)48(38-25-13-4-14-26-38)51(44)52(50(43)47(45)37-23-11-3-12-24-37)55-53(49)54(39-27-15-5-16-28-39)59-56(60-55)40-29-17-6-18-30-40/h1-32,49,52H. The third kappa shape index (κ3) is 5.43. The number of nitrogens with zero attached hydrogens (tertiary/aromatic N) is 4. The van der Waals surface area contributed by atoms with Crippen molar-refractivity contribution in [1.29, 1.82) is 10.5 Å². The summed E-state index contributed by atoms with van der Waals surface area (Å²) in [6, 6.07) is 71.7.